The second-order valence-electron chi connectivity index (χ2n) is 11.1. The molecule has 0 atom stereocenters. The van der Waals surface area contributed by atoms with Gasteiger partial charge in [-0.3, -0.25) is 9.97 Å². The minimum atomic E-state index is -1.93. The molecule has 0 aliphatic rings. The maximum atomic E-state index is 16.6. The summed E-state index contributed by atoms with van der Waals surface area (Å²) in [6, 6.07) is 25.1. The van der Waals surface area contributed by atoms with E-state index in [0.717, 1.165) is 12.3 Å². The highest BCUT2D eigenvalue weighted by Crippen LogP contribution is 2.47. The fourth-order valence-electron chi connectivity index (χ4n) is 5.93. The van der Waals surface area contributed by atoms with Gasteiger partial charge in [0.15, 0.2) is 29.1 Å². The Kier molecular flexibility index (Phi) is 8.26. The summed E-state index contributed by atoms with van der Waals surface area (Å²) in [5.41, 5.74) is -2.50. The first kappa shape index (κ1) is 31.5. The highest BCUT2D eigenvalue weighted by Gasteiger charge is 2.31. The predicted octanol–water partition coefficient (Wildman–Crippen LogP) is 11.5. The number of hydrogen-bond donors (Lipinski definition) is 0. The fourth-order valence-corrected chi connectivity index (χ4v) is 5.93. The zero-order valence-corrected chi connectivity index (χ0v) is 25.2. The van der Waals surface area contributed by atoms with E-state index in [0.29, 0.717) is 11.1 Å². The Hall–Kier alpha value is -6.09. The van der Waals surface area contributed by atoms with E-state index in [1.165, 1.54) is 55.0 Å². The number of hydrogen-bond acceptors (Lipinski definition) is 2. The zero-order chi connectivity index (χ0) is 34.2. The maximum Gasteiger partial charge on any atom is 0.195 e. The first-order valence-electron chi connectivity index (χ1n) is 14.9. The third-order valence-electron chi connectivity index (χ3n) is 8.21. The molecule has 5 aromatic carbocycles. The van der Waals surface area contributed by atoms with Gasteiger partial charge < -0.3 is 0 Å². The van der Waals surface area contributed by atoms with Gasteiger partial charge in [-0.1, -0.05) is 72.8 Å². The molecule has 0 unspecified atom stereocenters. The first-order chi connectivity index (χ1) is 23.8. The molecule has 240 valence electrons. The lowest BCUT2D eigenvalue weighted by atomic mass is 9.83. The zero-order valence-electron chi connectivity index (χ0n) is 25.2. The summed E-state index contributed by atoms with van der Waals surface area (Å²) < 4.78 is 111. The van der Waals surface area contributed by atoms with Crippen LogP contribution in [0, 0.1) is 40.7 Å². The Balaban J connectivity index is 1.63. The van der Waals surface area contributed by atoms with Crippen LogP contribution < -0.4 is 0 Å². The van der Waals surface area contributed by atoms with Crippen molar-refractivity contribution in [3.8, 4) is 66.8 Å². The number of benzene rings is 5. The quantitative estimate of drug-likeness (QED) is 0.101. The summed E-state index contributed by atoms with van der Waals surface area (Å²) in [7, 11) is 0. The van der Waals surface area contributed by atoms with Crippen LogP contribution in [0.2, 0.25) is 0 Å². The van der Waals surface area contributed by atoms with E-state index in [-0.39, 0.29) is 38.9 Å². The lowest BCUT2D eigenvalue weighted by molar-refractivity contribution is 0.440. The number of aromatic nitrogens is 2. The molecule has 0 saturated carbocycles. The normalized spacial score (nSPS) is 11.2. The molecule has 0 aliphatic heterocycles. The smallest absolute Gasteiger partial charge is 0.195 e. The monoisotopic (exact) mass is 662 g/mol. The Morgan fingerprint density at radius 1 is 0.327 bits per heavy atom. The van der Waals surface area contributed by atoms with Crippen LogP contribution in [-0.4, -0.2) is 9.97 Å². The van der Waals surface area contributed by atoms with Crippen molar-refractivity contribution in [3.63, 3.8) is 0 Å². The molecule has 0 radical (unpaired) electrons. The Labute approximate surface area is 275 Å². The summed E-state index contributed by atoms with van der Waals surface area (Å²) >= 11 is 0. The van der Waals surface area contributed by atoms with Gasteiger partial charge in [0.25, 0.3) is 0 Å². The molecule has 0 N–H and O–H groups in total. The Morgan fingerprint density at radius 2 is 0.796 bits per heavy atom. The van der Waals surface area contributed by atoms with Crippen molar-refractivity contribution in [3.05, 3.63) is 169 Å². The number of nitrogens with zero attached hydrogens (tertiary/aromatic N) is 2. The molecule has 0 spiro atoms. The van der Waals surface area contributed by atoms with Crippen molar-refractivity contribution in [1.29, 1.82) is 0 Å². The van der Waals surface area contributed by atoms with Crippen molar-refractivity contribution in [2.75, 3.05) is 0 Å². The molecule has 0 saturated heterocycles. The Bertz CT molecular complexity index is 2330. The van der Waals surface area contributed by atoms with Crippen LogP contribution in [0.5, 0.6) is 0 Å². The molecule has 7 rings (SSSR count). The lowest BCUT2D eigenvalue weighted by Gasteiger charge is -2.21. The topological polar surface area (TPSA) is 25.8 Å². The SMILES string of the molecule is Fc1cc(-c2cccnc2)c(F)c(-c2cc(-c3ccccc3)c(-c3c(F)c(F)c(F)c(-c4cccnc4)c3F)cc2-c2ccccc2)c1F. The molecule has 49 heavy (non-hydrogen) atoms. The fraction of sp³-hybridized carbons (Fsp3) is 0. The molecular formula is C40H21F7N2. The van der Waals surface area contributed by atoms with E-state index in [1.54, 1.807) is 60.7 Å². The van der Waals surface area contributed by atoms with Crippen LogP contribution in [0.1, 0.15) is 0 Å². The third-order valence-corrected chi connectivity index (χ3v) is 8.21. The molecule has 2 aromatic heterocycles. The van der Waals surface area contributed by atoms with Crippen molar-refractivity contribution in [2.45, 2.75) is 0 Å². The van der Waals surface area contributed by atoms with Crippen molar-refractivity contribution in [1.82, 2.24) is 9.97 Å². The van der Waals surface area contributed by atoms with Crippen LogP contribution >= 0.6 is 0 Å². The van der Waals surface area contributed by atoms with E-state index < -0.39 is 57.4 Å². The van der Waals surface area contributed by atoms with Crippen molar-refractivity contribution >= 4 is 0 Å². The van der Waals surface area contributed by atoms with E-state index in [1.807, 2.05) is 0 Å². The van der Waals surface area contributed by atoms with Gasteiger partial charge in [0.1, 0.15) is 11.6 Å². The van der Waals surface area contributed by atoms with Gasteiger partial charge in [0.05, 0.1) is 16.7 Å². The maximum absolute atomic E-state index is 16.6. The largest absolute Gasteiger partial charge is 0.264 e. The van der Waals surface area contributed by atoms with Crippen molar-refractivity contribution in [2.24, 2.45) is 0 Å². The third kappa shape index (κ3) is 5.53. The van der Waals surface area contributed by atoms with Gasteiger partial charge in [-0.15, -0.1) is 0 Å². The van der Waals surface area contributed by atoms with Crippen LogP contribution in [0.4, 0.5) is 30.7 Å². The van der Waals surface area contributed by atoms with Crippen LogP contribution in [0.3, 0.4) is 0 Å². The standard InChI is InChI=1S/C40H21F7N2/c41-31-19-28(24-13-7-15-48-20-24)35(42)33(36(31)43)29-17-27(23-11-5-2-6-12-23)30(18-26(29)22-9-3-1-4-10-22)34-37(44)32(25-14-8-16-49-21-25)38(45)40(47)39(34)46/h1-21H. The minimum Gasteiger partial charge on any atom is -0.264 e. The average Bonchev–Trinajstić information content (AvgIpc) is 3.14. The van der Waals surface area contributed by atoms with Gasteiger partial charge >= 0.3 is 0 Å². The second kappa shape index (κ2) is 12.8. The molecule has 2 nitrogen and oxygen atoms in total. The molecular weight excluding hydrogens is 641 g/mol. The van der Waals surface area contributed by atoms with Gasteiger partial charge in [0, 0.05) is 41.5 Å². The molecule has 0 aliphatic carbocycles. The van der Waals surface area contributed by atoms with Crippen LogP contribution in [0.25, 0.3) is 66.8 Å². The number of halogens is 7. The number of pyridine rings is 2. The van der Waals surface area contributed by atoms with Crippen LogP contribution in [-0.2, 0) is 0 Å². The van der Waals surface area contributed by atoms with Crippen LogP contribution in [0.15, 0.2) is 128 Å². The minimum absolute atomic E-state index is 0.00205. The van der Waals surface area contributed by atoms with Crippen molar-refractivity contribution < 1.29 is 30.7 Å². The summed E-state index contributed by atoms with van der Waals surface area (Å²) in [6.45, 7) is 0. The lowest BCUT2D eigenvalue weighted by Crippen LogP contribution is -2.05. The average molecular weight is 663 g/mol. The van der Waals surface area contributed by atoms with E-state index in [4.69, 9.17) is 0 Å². The molecule has 9 heteroatoms. The first-order valence-corrected chi connectivity index (χ1v) is 14.9. The molecule has 0 fully saturated rings. The van der Waals surface area contributed by atoms with Gasteiger partial charge in [-0.25, -0.2) is 30.7 Å². The van der Waals surface area contributed by atoms with E-state index in [9.17, 15) is 0 Å². The highest BCUT2D eigenvalue weighted by molar-refractivity contribution is 5.97. The summed E-state index contributed by atoms with van der Waals surface area (Å²) in [6.07, 6.45) is 5.19. The van der Waals surface area contributed by atoms with Gasteiger partial charge in [-0.2, -0.15) is 0 Å². The van der Waals surface area contributed by atoms with E-state index in [2.05, 4.69) is 9.97 Å². The van der Waals surface area contributed by atoms with Gasteiger partial charge in [-0.05, 0) is 63.7 Å². The molecule has 2 heterocycles. The molecule has 7 aromatic rings. The summed E-state index contributed by atoms with van der Waals surface area (Å²) in [4.78, 5) is 7.82. The summed E-state index contributed by atoms with van der Waals surface area (Å²) in [5, 5.41) is 0. The predicted molar refractivity (Wildman–Crippen MR) is 174 cm³/mol. The number of rotatable bonds is 6. The van der Waals surface area contributed by atoms with E-state index >= 15 is 30.7 Å². The second-order valence-corrected chi connectivity index (χ2v) is 11.1. The summed E-state index contributed by atoms with van der Waals surface area (Å²) in [5.74, 6) is -10.9. The van der Waals surface area contributed by atoms with Gasteiger partial charge in [0.2, 0.25) is 0 Å². The molecule has 0 amide bonds. The highest BCUT2D eigenvalue weighted by atomic mass is 19.2. The molecule has 0 bridgehead atoms. The Morgan fingerprint density at radius 3 is 1.31 bits per heavy atom.